The van der Waals surface area contributed by atoms with Gasteiger partial charge in [0.05, 0.1) is 6.21 Å². The van der Waals surface area contributed by atoms with Crippen LogP contribution in [0.2, 0.25) is 0 Å². The molecule has 0 aliphatic rings. The van der Waals surface area contributed by atoms with Crippen molar-refractivity contribution >= 4 is 12.2 Å². The average Bonchev–Trinajstić information content (AvgIpc) is 2.84. The first-order valence-electron chi connectivity index (χ1n) is 6.24. The molecule has 7 nitrogen and oxygen atoms in total. The van der Waals surface area contributed by atoms with Crippen LogP contribution in [-0.4, -0.2) is 31.9 Å². The van der Waals surface area contributed by atoms with Crippen molar-refractivity contribution in [3.8, 4) is 5.75 Å². The van der Waals surface area contributed by atoms with E-state index < -0.39 is 0 Å². The number of benzene rings is 1. The second-order valence-corrected chi connectivity index (χ2v) is 5.61. The molecule has 0 aliphatic carbocycles. The molecule has 1 aromatic carbocycles. The second-order valence-electron chi connectivity index (χ2n) is 5.61. The highest BCUT2D eigenvalue weighted by Gasteiger charge is 2.20. The Morgan fingerprint density at radius 2 is 2.10 bits per heavy atom. The number of H-pyrrole nitrogens is 1. The third kappa shape index (κ3) is 3.11. The van der Waals surface area contributed by atoms with Crippen molar-refractivity contribution in [3.63, 3.8) is 0 Å². The third-order valence-electron chi connectivity index (χ3n) is 2.81. The van der Waals surface area contributed by atoms with Gasteiger partial charge in [-0.15, -0.1) is 5.10 Å². The molecule has 0 atom stereocenters. The summed E-state index contributed by atoms with van der Waals surface area (Å²) in [5.41, 5.74) is 5.08. The van der Waals surface area contributed by atoms with Gasteiger partial charge in [-0.1, -0.05) is 31.9 Å². The number of hydrogen-bond acceptors (Lipinski definition) is 6. The number of aromatic amines is 1. The number of hydrazone groups is 1. The Hall–Kier alpha value is -2.44. The van der Waals surface area contributed by atoms with Gasteiger partial charge in [-0.2, -0.15) is 10.3 Å². The molecule has 0 saturated carbocycles. The van der Waals surface area contributed by atoms with E-state index in [1.165, 1.54) is 6.21 Å². The Labute approximate surface area is 117 Å². The van der Waals surface area contributed by atoms with Crippen molar-refractivity contribution < 1.29 is 5.11 Å². The number of aromatic nitrogens is 4. The van der Waals surface area contributed by atoms with Crippen molar-refractivity contribution in [2.75, 3.05) is 5.43 Å². The normalized spacial score (nSPS) is 12.0. The summed E-state index contributed by atoms with van der Waals surface area (Å²) in [6.45, 7) is 8.15. The SMILES string of the molecule is Cc1cc(/C=N/Nc2nn[nH]n2)c(O)c(C(C)(C)C)c1. The summed E-state index contributed by atoms with van der Waals surface area (Å²) in [4.78, 5) is 0. The molecule has 20 heavy (non-hydrogen) atoms. The van der Waals surface area contributed by atoms with Crippen molar-refractivity contribution in [1.29, 1.82) is 0 Å². The van der Waals surface area contributed by atoms with Crippen LogP contribution in [0.15, 0.2) is 17.2 Å². The van der Waals surface area contributed by atoms with Gasteiger partial charge in [-0.3, -0.25) is 0 Å². The Morgan fingerprint density at radius 1 is 1.35 bits per heavy atom. The molecule has 0 radical (unpaired) electrons. The van der Waals surface area contributed by atoms with Gasteiger partial charge in [-0.05, 0) is 29.2 Å². The predicted octanol–water partition coefficient (Wildman–Crippen LogP) is 1.96. The van der Waals surface area contributed by atoms with Crippen LogP contribution in [-0.2, 0) is 5.41 Å². The van der Waals surface area contributed by atoms with E-state index in [-0.39, 0.29) is 17.1 Å². The molecule has 0 saturated heterocycles. The average molecular weight is 274 g/mol. The quantitative estimate of drug-likeness (QED) is 0.587. The number of phenolic OH excluding ortho intramolecular Hbond substituents is 1. The lowest BCUT2D eigenvalue weighted by Crippen LogP contribution is -2.12. The van der Waals surface area contributed by atoms with Gasteiger partial charge in [0.2, 0.25) is 0 Å². The summed E-state index contributed by atoms with van der Waals surface area (Å²) < 4.78 is 0. The lowest BCUT2D eigenvalue weighted by atomic mass is 9.84. The lowest BCUT2D eigenvalue weighted by Gasteiger charge is -2.22. The molecule has 0 bridgehead atoms. The minimum absolute atomic E-state index is 0.139. The van der Waals surface area contributed by atoms with Gasteiger partial charge >= 0.3 is 0 Å². The van der Waals surface area contributed by atoms with Crippen LogP contribution in [0.25, 0.3) is 0 Å². The fourth-order valence-corrected chi connectivity index (χ4v) is 1.85. The molecule has 106 valence electrons. The van der Waals surface area contributed by atoms with E-state index in [1.54, 1.807) is 0 Å². The van der Waals surface area contributed by atoms with Crippen LogP contribution >= 0.6 is 0 Å². The fourth-order valence-electron chi connectivity index (χ4n) is 1.85. The second kappa shape index (κ2) is 5.28. The van der Waals surface area contributed by atoms with E-state index in [4.69, 9.17) is 0 Å². The highest BCUT2D eigenvalue weighted by Crippen LogP contribution is 2.33. The molecule has 2 rings (SSSR count). The Kier molecular flexibility index (Phi) is 3.69. The number of aryl methyl sites for hydroxylation is 1. The van der Waals surface area contributed by atoms with Gasteiger partial charge in [0.1, 0.15) is 5.75 Å². The van der Waals surface area contributed by atoms with Crippen molar-refractivity contribution in [1.82, 2.24) is 20.6 Å². The smallest absolute Gasteiger partial charge is 0.283 e. The Balaban J connectivity index is 2.28. The summed E-state index contributed by atoms with van der Waals surface area (Å²) >= 11 is 0. The molecular weight excluding hydrogens is 256 g/mol. The summed E-state index contributed by atoms with van der Waals surface area (Å²) in [7, 11) is 0. The van der Waals surface area contributed by atoms with Gasteiger partial charge in [0.25, 0.3) is 5.95 Å². The molecule has 3 N–H and O–H groups in total. The van der Waals surface area contributed by atoms with E-state index in [1.807, 2.05) is 19.1 Å². The molecule has 1 heterocycles. The maximum absolute atomic E-state index is 10.3. The number of hydrogen-bond donors (Lipinski definition) is 3. The lowest BCUT2D eigenvalue weighted by molar-refractivity contribution is 0.445. The van der Waals surface area contributed by atoms with E-state index in [9.17, 15) is 5.11 Å². The van der Waals surface area contributed by atoms with E-state index in [0.29, 0.717) is 5.56 Å². The molecular formula is C13H18N6O. The van der Waals surface area contributed by atoms with E-state index in [0.717, 1.165) is 11.1 Å². The van der Waals surface area contributed by atoms with Crippen LogP contribution in [0.5, 0.6) is 5.75 Å². The summed E-state index contributed by atoms with van der Waals surface area (Å²) in [6, 6.07) is 3.85. The number of phenols is 1. The van der Waals surface area contributed by atoms with Gasteiger partial charge in [0, 0.05) is 11.1 Å². The van der Waals surface area contributed by atoms with Gasteiger partial charge in [-0.25, -0.2) is 5.43 Å². The van der Waals surface area contributed by atoms with Crippen LogP contribution < -0.4 is 5.43 Å². The minimum atomic E-state index is -0.139. The third-order valence-corrected chi connectivity index (χ3v) is 2.81. The van der Waals surface area contributed by atoms with Crippen molar-refractivity contribution in [2.45, 2.75) is 33.1 Å². The van der Waals surface area contributed by atoms with Crippen molar-refractivity contribution in [2.24, 2.45) is 5.10 Å². The minimum Gasteiger partial charge on any atom is -0.507 e. The molecule has 0 amide bonds. The van der Waals surface area contributed by atoms with Gasteiger partial charge < -0.3 is 5.11 Å². The fraction of sp³-hybridized carbons (Fsp3) is 0.385. The highest BCUT2D eigenvalue weighted by atomic mass is 16.3. The summed E-state index contributed by atoms with van der Waals surface area (Å²) in [5, 5.41) is 27.5. The first kappa shape index (κ1) is 14.0. The molecule has 0 spiro atoms. The Bertz CT molecular complexity index is 613. The molecule has 0 unspecified atom stereocenters. The van der Waals surface area contributed by atoms with Gasteiger partial charge in [0.15, 0.2) is 0 Å². The number of anilines is 1. The largest absolute Gasteiger partial charge is 0.507 e. The van der Waals surface area contributed by atoms with Crippen LogP contribution in [0, 0.1) is 6.92 Å². The summed E-state index contributed by atoms with van der Waals surface area (Å²) in [6.07, 6.45) is 1.54. The molecule has 7 heteroatoms. The molecule has 2 aromatic rings. The zero-order valence-electron chi connectivity index (χ0n) is 12.0. The standard InChI is InChI=1S/C13H18N6O/c1-8-5-9(7-14-15-12-16-18-19-17-12)11(20)10(6-8)13(2,3)4/h5-7,20H,1-4H3,(H2,15,16,17,18,19)/b14-7+. The van der Waals surface area contributed by atoms with Crippen molar-refractivity contribution in [3.05, 3.63) is 28.8 Å². The van der Waals surface area contributed by atoms with E-state index >= 15 is 0 Å². The first-order valence-corrected chi connectivity index (χ1v) is 6.24. The number of nitrogens with one attached hydrogen (secondary N) is 2. The van der Waals surface area contributed by atoms with Crippen LogP contribution in [0.3, 0.4) is 0 Å². The maximum atomic E-state index is 10.3. The zero-order chi connectivity index (χ0) is 14.8. The topological polar surface area (TPSA) is 99.1 Å². The number of rotatable bonds is 3. The zero-order valence-corrected chi connectivity index (χ0v) is 12.0. The molecule has 0 aliphatic heterocycles. The highest BCUT2D eigenvalue weighted by molar-refractivity contribution is 5.85. The number of tetrazole rings is 1. The Morgan fingerprint density at radius 3 is 2.70 bits per heavy atom. The van der Waals surface area contributed by atoms with Crippen LogP contribution in [0.1, 0.15) is 37.5 Å². The van der Waals surface area contributed by atoms with E-state index in [2.05, 4.69) is 51.9 Å². The monoisotopic (exact) mass is 274 g/mol. The maximum Gasteiger partial charge on any atom is 0.283 e. The number of aromatic hydroxyl groups is 1. The van der Waals surface area contributed by atoms with Crippen LogP contribution in [0.4, 0.5) is 5.95 Å². The predicted molar refractivity (Wildman–Crippen MR) is 76.9 cm³/mol. The molecule has 0 fully saturated rings. The summed E-state index contributed by atoms with van der Waals surface area (Å²) in [5.74, 6) is 0.506. The molecule has 1 aromatic heterocycles. The first-order chi connectivity index (χ1) is 9.38. The number of nitrogens with zero attached hydrogens (tertiary/aromatic N) is 4.